The molecule has 0 radical (unpaired) electrons. The molecule has 1 aromatic heterocycles. The molecule has 0 aromatic carbocycles. The Kier molecular flexibility index (Phi) is 3.11. The Labute approximate surface area is 71.7 Å². The van der Waals surface area contributed by atoms with Gasteiger partial charge in [0.15, 0.2) is 0 Å². The summed E-state index contributed by atoms with van der Waals surface area (Å²) in [5, 5.41) is 0. The van der Waals surface area contributed by atoms with E-state index in [4.69, 9.17) is 12.2 Å². The molecule has 11 heavy (non-hydrogen) atoms. The van der Waals surface area contributed by atoms with E-state index in [0.29, 0.717) is 0 Å². The fourth-order valence-electron chi connectivity index (χ4n) is 0.770. The third kappa shape index (κ3) is 3.18. The fraction of sp³-hybridized carbons (Fsp3) is 0.375. The third-order valence-electron chi connectivity index (χ3n) is 1.38. The Hall–Kier alpha value is -0.830. The van der Waals surface area contributed by atoms with Crippen molar-refractivity contribution in [2.45, 2.75) is 19.8 Å². The molecule has 0 aliphatic heterocycles. The van der Waals surface area contributed by atoms with Crippen LogP contribution in [0.5, 0.6) is 0 Å². The van der Waals surface area contributed by atoms with Crippen LogP contribution in [0.2, 0.25) is 0 Å². The predicted molar refractivity (Wildman–Crippen MR) is 48.6 cm³/mol. The minimum atomic E-state index is 0.928. The minimum absolute atomic E-state index is 0.928. The number of rotatable bonds is 3. The zero-order valence-electron chi connectivity index (χ0n) is 6.45. The molecule has 0 bridgehead atoms. The molecule has 0 unspecified atom stereocenters. The molecule has 0 amide bonds. The SMILES string of the molecule is CC(=S)CCc1ccncn1. The number of hydrogen-bond donors (Lipinski definition) is 0. The highest BCUT2D eigenvalue weighted by Gasteiger charge is 1.93. The molecule has 0 aliphatic carbocycles. The standard InChI is InChI=1S/C8H10N2S/c1-7(11)2-3-8-4-5-9-6-10-8/h4-6H,2-3H2,1H3. The summed E-state index contributed by atoms with van der Waals surface area (Å²) in [7, 11) is 0. The van der Waals surface area contributed by atoms with Gasteiger partial charge in [-0.05, 0) is 30.7 Å². The van der Waals surface area contributed by atoms with Gasteiger partial charge in [0.25, 0.3) is 0 Å². The summed E-state index contributed by atoms with van der Waals surface area (Å²) in [5.41, 5.74) is 1.06. The quantitative estimate of drug-likeness (QED) is 0.640. The number of aromatic nitrogens is 2. The molecule has 0 N–H and O–H groups in total. The average Bonchev–Trinajstić information content (AvgIpc) is 2.03. The zero-order chi connectivity index (χ0) is 8.10. The number of nitrogens with zero attached hydrogens (tertiary/aromatic N) is 2. The predicted octanol–water partition coefficient (Wildman–Crippen LogP) is 1.80. The van der Waals surface area contributed by atoms with Crippen LogP contribution in [0.1, 0.15) is 19.0 Å². The number of hydrogen-bond acceptors (Lipinski definition) is 3. The van der Waals surface area contributed by atoms with Gasteiger partial charge in [0.1, 0.15) is 6.33 Å². The normalized spacial score (nSPS) is 9.55. The van der Waals surface area contributed by atoms with Crippen molar-refractivity contribution >= 4 is 17.1 Å². The van der Waals surface area contributed by atoms with Crippen LogP contribution in [0.25, 0.3) is 0 Å². The van der Waals surface area contributed by atoms with Crippen molar-refractivity contribution in [2.24, 2.45) is 0 Å². The summed E-state index contributed by atoms with van der Waals surface area (Å²) >= 11 is 4.95. The van der Waals surface area contributed by atoms with E-state index in [-0.39, 0.29) is 0 Å². The van der Waals surface area contributed by atoms with Gasteiger partial charge in [-0.2, -0.15) is 0 Å². The van der Waals surface area contributed by atoms with Crippen LogP contribution in [0.3, 0.4) is 0 Å². The Morgan fingerprint density at radius 3 is 3.00 bits per heavy atom. The van der Waals surface area contributed by atoms with Crippen LogP contribution < -0.4 is 0 Å². The van der Waals surface area contributed by atoms with Crippen LogP contribution in [0, 0.1) is 0 Å². The molecular weight excluding hydrogens is 156 g/mol. The topological polar surface area (TPSA) is 25.8 Å². The monoisotopic (exact) mass is 166 g/mol. The van der Waals surface area contributed by atoms with Gasteiger partial charge in [-0.25, -0.2) is 9.97 Å². The van der Waals surface area contributed by atoms with E-state index in [0.717, 1.165) is 23.4 Å². The van der Waals surface area contributed by atoms with Crippen molar-refractivity contribution in [3.8, 4) is 0 Å². The minimum Gasteiger partial charge on any atom is -0.245 e. The Morgan fingerprint density at radius 1 is 1.64 bits per heavy atom. The Bertz CT molecular complexity index is 233. The average molecular weight is 166 g/mol. The Morgan fingerprint density at radius 2 is 2.45 bits per heavy atom. The first kappa shape index (κ1) is 8.27. The van der Waals surface area contributed by atoms with Crippen molar-refractivity contribution in [3.05, 3.63) is 24.3 Å². The molecule has 2 nitrogen and oxygen atoms in total. The molecule has 1 aromatic rings. The summed E-state index contributed by atoms with van der Waals surface area (Å²) < 4.78 is 0. The van der Waals surface area contributed by atoms with Gasteiger partial charge in [0.05, 0.1) is 0 Å². The van der Waals surface area contributed by atoms with E-state index < -0.39 is 0 Å². The molecule has 0 spiro atoms. The summed E-state index contributed by atoms with van der Waals surface area (Å²) in [6, 6.07) is 1.91. The highest BCUT2D eigenvalue weighted by Crippen LogP contribution is 1.97. The molecule has 0 atom stereocenters. The lowest BCUT2D eigenvalue weighted by Gasteiger charge is -1.96. The molecule has 0 saturated heterocycles. The van der Waals surface area contributed by atoms with E-state index in [9.17, 15) is 0 Å². The van der Waals surface area contributed by atoms with Gasteiger partial charge < -0.3 is 0 Å². The van der Waals surface area contributed by atoms with Crippen LogP contribution in [0.4, 0.5) is 0 Å². The highest BCUT2D eigenvalue weighted by molar-refractivity contribution is 7.80. The van der Waals surface area contributed by atoms with Gasteiger partial charge in [0, 0.05) is 11.9 Å². The molecule has 3 heteroatoms. The molecule has 0 aliphatic rings. The largest absolute Gasteiger partial charge is 0.245 e. The van der Waals surface area contributed by atoms with Gasteiger partial charge in [0.2, 0.25) is 0 Å². The van der Waals surface area contributed by atoms with Crippen molar-refractivity contribution in [1.82, 2.24) is 9.97 Å². The molecule has 0 saturated carbocycles. The summed E-state index contributed by atoms with van der Waals surface area (Å²) in [6.45, 7) is 1.95. The van der Waals surface area contributed by atoms with Gasteiger partial charge in [-0.15, -0.1) is 0 Å². The molecule has 1 heterocycles. The molecule has 0 fully saturated rings. The van der Waals surface area contributed by atoms with E-state index in [1.165, 1.54) is 0 Å². The van der Waals surface area contributed by atoms with Crippen molar-refractivity contribution in [1.29, 1.82) is 0 Å². The summed E-state index contributed by atoms with van der Waals surface area (Å²) in [6.07, 6.45) is 5.18. The second-order valence-electron chi connectivity index (χ2n) is 2.40. The van der Waals surface area contributed by atoms with Gasteiger partial charge >= 0.3 is 0 Å². The van der Waals surface area contributed by atoms with E-state index in [2.05, 4.69) is 9.97 Å². The van der Waals surface area contributed by atoms with E-state index in [1.54, 1.807) is 12.5 Å². The fourth-order valence-corrected chi connectivity index (χ4v) is 0.872. The third-order valence-corrected chi connectivity index (χ3v) is 1.58. The van der Waals surface area contributed by atoms with Crippen molar-refractivity contribution < 1.29 is 0 Å². The van der Waals surface area contributed by atoms with E-state index in [1.807, 2.05) is 13.0 Å². The van der Waals surface area contributed by atoms with Crippen molar-refractivity contribution in [2.75, 3.05) is 0 Å². The van der Waals surface area contributed by atoms with Crippen LogP contribution in [-0.4, -0.2) is 14.8 Å². The first-order valence-electron chi connectivity index (χ1n) is 3.53. The number of aryl methyl sites for hydroxylation is 1. The lowest BCUT2D eigenvalue weighted by Crippen LogP contribution is -1.94. The van der Waals surface area contributed by atoms with Gasteiger partial charge in [-0.1, -0.05) is 12.2 Å². The summed E-state index contributed by atoms with van der Waals surface area (Å²) in [4.78, 5) is 8.94. The molecular formula is C8H10N2S. The van der Waals surface area contributed by atoms with Crippen LogP contribution >= 0.6 is 12.2 Å². The maximum absolute atomic E-state index is 4.95. The van der Waals surface area contributed by atoms with Crippen molar-refractivity contribution in [3.63, 3.8) is 0 Å². The van der Waals surface area contributed by atoms with Crippen LogP contribution in [-0.2, 0) is 6.42 Å². The maximum atomic E-state index is 4.95. The molecule has 1 rings (SSSR count). The Balaban J connectivity index is 2.45. The van der Waals surface area contributed by atoms with E-state index >= 15 is 0 Å². The lowest BCUT2D eigenvalue weighted by atomic mass is 10.2. The molecule has 58 valence electrons. The second kappa shape index (κ2) is 4.13. The first-order chi connectivity index (χ1) is 5.29. The first-order valence-corrected chi connectivity index (χ1v) is 3.94. The number of thiocarbonyl (C=S) groups is 1. The second-order valence-corrected chi connectivity index (χ2v) is 3.10. The van der Waals surface area contributed by atoms with Gasteiger partial charge in [-0.3, -0.25) is 0 Å². The van der Waals surface area contributed by atoms with Crippen LogP contribution in [0.15, 0.2) is 18.6 Å². The highest BCUT2D eigenvalue weighted by atomic mass is 32.1. The smallest absolute Gasteiger partial charge is 0.115 e. The summed E-state index contributed by atoms with van der Waals surface area (Å²) in [5.74, 6) is 0. The zero-order valence-corrected chi connectivity index (χ0v) is 7.27. The lowest BCUT2D eigenvalue weighted by molar-refractivity contribution is 0.953. The maximum Gasteiger partial charge on any atom is 0.115 e.